The van der Waals surface area contributed by atoms with Gasteiger partial charge in [-0.25, -0.2) is 4.79 Å². The Hall–Kier alpha value is -3.53. The highest BCUT2D eigenvalue weighted by Crippen LogP contribution is 2.28. The highest BCUT2D eigenvalue weighted by atomic mass is 16.5. The van der Waals surface area contributed by atoms with E-state index in [-0.39, 0.29) is 0 Å². The summed E-state index contributed by atoms with van der Waals surface area (Å²) in [5.74, 6) is 0.0195. The molecule has 1 atom stereocenters. The first-order valence-electron chi connectivity index (χ1n) is 8.28. The number of aryl methyl sites for hydroxylation is 2. The minimum atomic E-state index is -0.947. The van der Waals surface area contributed by atoms with Crippen molar-refractivity contribution < 1.29 is 19.1 Å². The third-order valence-electron chi connectivity index (χ3n) is 3.83. The van der Waals surface area contributed by atoms with Gasteiger partial charge in [-0.3, -0.25) is 10.1 Å². The number of nitriles is 1. The SMILES string of the molecule is COc1cc(C#N)ccc1OC(C)C(=O)NC(=O)Nc1ccc(C)cc1C. The van der Waals surface area contributed by atoms with Gasteiger partial charge in [-0.05, 0) is 44.5 Å². The molecule has 2 aromatic carbocycles. The number of amides is 3. The quantitative estimate of drug-likeness (QED) is 0.844. The third-order valence-corrected chi connectivity index (χ3v) is 3.83. The van der Waals surface area contributed by atoms with Gasteiger partial charge >= 0.3 is 6.03 Å². The van der Waals surface area contributed by atoms with Crippen LogP contribution in [-0.2, 0) is 4.79 Å². The fourth-order valence-corrected chi connectivity index (χ4v) is 2.40. The number of imide groups is 1. The molecule has 0 aliphatic carbocycles. The lowest BCUT2D eigenvalue weighted by molar-refractivity contribution is -0.126. The molecule has 0 spiro atoms. The van der Waals surface area contributed by atoms with Crippen molar-refractivity contribution in [3.63, 3.8) is 0 Å². The number of benzene rings is 2. The van der Waals surface area contributed by atoms with E-state index in [4.69, 9.17) is 14.7 Å². The highest BCUT2D eigenvalue weighted by Gasteiger charge is 2.19. The van der Waals surface area contributed by atoms with E-state index in [1.54, 1.807) is 12.1 Å². The van der Waals surface area contributed by atoms with E-state index in [1.165, 1.54) is 26.2 Å². The summed E-state index contributed by atoms with van der Waals surface area (Å²) >= 11 is 0. The van der Waals surface area contributed by atoms with Gasteiger partial charge in [0.15, 0.2) is 17.6 Å². The lowest BCUT2D eigenvalue weighted by atomic mass is 10.1. The van der Waals surface area contributed by atoms with Crippen LogP contribution in [0.5, 0.6) is 11.5 Å². The van der Waals surface area contributed by atoms with Crippen LogP contribution in [-0.4, -0.2) is 25.2 Å². The van der Waals surface area contributed by atoms with Crippen LogP contribution in [0.3, 0.4) is 0 Å². The number of nitrogens with zero attached hydrogens (tertiary/aromatic N) is 1. The molecule has 3 amide bonds. The van der Waals surface area contributed by atoms with Gasteiger partial charge in [-0.2, -0.15) is 5.26 Å². The Bertz CT molecular complexity index is 903. The summed E-state index contributed by atoms with van der Waals surface area (Å²) in [6, 6.07) is 11.5. The first-order chi connectivity index (χ1) is 12.8. The van der Waals surface area contributed by atoms with Crippen LogP contribution in [0, 0.1) is 25.2 Å². The van der Waals surface area contributed by atoms with Crippen molar-refractivity contribution in [2.75, 3.05) is 12.4 Å². The maximum Gasteiger partial charge on any atom is 0.325 e. The van der Waals surface area contributed by atoms with E-state index in [1.807, 2.05) is 32.0 Å². The van der Waals surface area contributed by atoms with Crippen molar-refractivity contribution in [1.29, 1.82) is 5.26 Å². The number of rotatable bonds is 5. The van der Waals surface area contributed by atoms with Crippen molar-refractivity contribution in [2.24, 2.45) is 0 Å². The number of hydrogen-bond acceptors (Lipinski definition) is 5. The van der Waals surface area contributed by atoms with Crippen molar-refractivity contribution in [3.05, 3.63) is 53.1 Å². The number of urea groups is 1. The lowest BCUT2D eigenvalue weighted by Gasteiger charge is -2.17. The Balaban J connectivity index is 1.99. The fraction of sp³-hybridized carbons (Fsp3) is 0.250. The predicted octanol–water partition coefficient (Wildman–Crippen LogP) is 3.30. The molecule has 2 rings (SSSR count). The molecule has 1 unspecified atom stereocenters. The van der Waals surface area contributed by atoms with Crippen molar-refractivity contribution in [2.45, 2.75) is 26.9 Å². The summed E-state index contributed by atoms with van der Waals surface area (Å²) in [4.78, 5) is 24.3. The molecule has 0 bridgehead atoms. The van der Waals surface area contributed by atoms with Gasteiger partial charge in [-0.15, -0.1) is 0 Å². The van der Waals surface area contributed by atoms with Crippen molar-refractivity contribution in [1.82, 2.24) is 5.32 Å². The van der Waals surface area contributed by atoms with Gasteiger partial charge in [-0.1, -0.05) is 17.7 Å². The summed E-state index contributed by atoms with van der Waals surface area (Å²) in [5.41, 5.74) is 2.99. The van der Waals surface area contributed by atoms with Crippen LogP contribution in [0.15, 0.2) is 36.4 Å². The van der Waals surface area contributed by atoms with E-state index in [2.05, 4.69) is 10.6 Å². The molecule has 7 heteroatoms. The zero-order valence-electron chi connectivity index (χ0n) is 15.6. The van der Waals surface area contributed by atoms with Crippen molar-refractivity contribution >= 4 is 17.6 Å². The van der Waals surface area contributed by atoms with Gasteiger partial charge < -0.3 is 14.8 Å². The highest BCUT2D eigenvalue weighted by molar-refractivity contribution is 6.02. The molecule has 2 N–H and O–H groups in total. The number of methoxy groups -OCH3 is 1. The maximum absolute atomic E-state index is 12.2. The molecule has 7 nitrogen and oxygen atoms in total. The van der Waals surface area contributed by atoms with Crippen LogP contribution in [0.25, 0.3) is 0 Å². The van der Waals surface area contributed by atoms with Gasteiger partial charge in [0, 0.05) is 11.8 Å². The molecule has 0 aliphatic rings. The van der Waals surface area contributed by atoms with Crippen LogP contribution >= 0.6 is 0 Å². The van der Waals surface area contributed by atoms with Crippen LogP contribution in [0.2, 0.25) is 0 Å². The Morgan fingerprint density at radius 1 is 1.11 bits per heavy atom. The van der Waals surface area contributed by atoms with Gasteiger partial charge in [0.05, 0.1) is 18.7 Å². The van der Waals surface area contributed by atoms with E-state index in [0.29, 0.717) is 22.7 Å². The summed E-state index contributed by atoms with van der Waals surface area (Å²) in [7, 11) is 1.44. The summed E-state index contributed by atoms with van der Waals surface area (Å²) in [6.07, 6.45) is -0.947. The molecule has 27 heavy (non-hydrogen) atoms. The zero-order valence-corrected chi connectivity index (χ0v) is 15.6. The maximum atomic E-state index is 12.2. The largest absolute Gasteiger partial charge is 0.493 e. The molecular formula is C20H21N3O4. The number of anilines is 1. The predicted molar refractivity (Wildman–Crippen MR) is 101 cm³/mol. The molecule has 0 aliphatic heterocycles. The fourth-order valence-electron chi connectivity index (χ4n) is 2.40. The van der Waals surface area contributed by atoms with E-state index in [0.717, 1.165) is 11.1 Å². The minimum Gasteiger partial charge on any atom is -0.493 e. The number of carbonyl (C=O) groups is 2. The Kier molecular flexibility index (Phi) is 6.39. The minimum absolute atomic E-state index is 0.300. The molecule has 0 saturated carbocycles. The molecule has 0 saturated heterocycles. The van der Waals surface area contributed by atoms with E-state index < -0.39 is 18.0 Å². The average Bonchev–Trinajstić information content (AvgIpc) is 2.64. The van der Waals surface area contributed by atoms with Crippen molar-refractivity contribution in [3.8, 4) is 17.6 Å². The number of hydrogen-bond donors (Lipinski definition) is 2. The monoisotopic (exact) mass is 367 g/mol. The molecule has 0 fully saturated rings. The zero-order chi connectivity index (χ0) is 20.0. The summed E-state index contributed by atoms with van der Waals surface area (Å²) in [6.45, 7) is 5.33. The smallest absolute Gasteiger partial charge is 0.325 e. The molecule has 0 aromatic heterocycles. The standard InChI is InChI=1S/C20H21N3O4/c1-12-5-7-16(13(2)9-12)22-20(25)23-19(24)14(3)27-17-8-6-15(11-21)10-18(17)26-4/h5-10,14H,1-4H3,(H2,22,23,24,25). The molecule has 0 heterocycles. The third kappa shape index (κ3) is 5.22. The Morgan fingerprint density at radius 2 is 1.85 bits per heavy atom. The second-order valence-electron chi connectivity index (χ2n) is 6.00. The molecule has 140 valence electrons. The Labute approximate surface area is 157 Å². The lowest BCUT2D eigenvalue weighted by Crippen LogP contribution is -2.42. The number of ether oxygens (including phenoxy) is 2. The average molecular weight is 367 g/mol. The Morgan fingerprint density at radius 3 is 2.48 bits per heavy atom. The van der Waals surface area contributed by atoms with Crippen LogP contribution in [0.1, 0.15) is 23.6 Å². The summed E-state index contributed by atoms with van der Waals surface area (Å²) in [5, 5.41) is 13.8. The van der Waals surface area contributed by atoms with Gasteiger partial charge in [0.1, 0.15) is 0 Å². The topological polar surface area (TPSA) is 100 Å². The number of carbonyl (C=O) groups excluding carboxylic acids is 2. The first kappa shape index (κ1) is 19.8. The molecular weight excluding hydrogens is 346 g/mol. The summed E-state index contributed by atoms with van der Waals surface area (Å²) < 4.78 is 10.7. The van der Waals surface area contributed by atoms with Crippen LogP contribution < -0.4 is 20.1 Å². The van der Waals surface area contributed by atoms with Gasteiger partial charge in [0.25, 0.3) is 5.91 Å². The first-order valence-corrected chi connectivity index (χ1v) is 8.28. The number of nitrogens with one attached hydrogen (secondary N) is 2. The van der Waals surface area contributed by atoms with E-state index >= 15 is 0 Å². The van der Waals surface area contributed by atoms with Gasteiger partial charge in [0.2, 0.25) is 0 Å². The molecule has 0 radical (unpaired) electrons. The second-order valence-corrected chi connectivity index (χ2v) is 6.00. The normalized spacial score (nSPS) is 11.1. The second kappa shape index (κ2) is 8.72. The molecule has 2 aromatic rings. The van der Waals surface area contributed by atoms with Crippen LogP contribution in [0.4, 0.5) is 10.5 Å². The van der Waals surface area contributed by atoms with E-state index in [9.17, 15) is 9.59 Å².